The van der Waals surface area contributed by atoms with Crippen LogP contribution in [-0.2, 0) is 16.8 Å². The summed E-state index contributed by atoms with van der Waals surface area (Å²) in [6, 6.07) is 7.59. The van der Waals surface area contributed by atoms with Crippen LogP contribution in [0.25, 0.3) is 11.0 Å². The molecular weight excluding hydrogens is 414 g/mol. The maximum atomic E-state index is 13.1. The Balaban J connectivity index is 1.43. The Labute approximate surface area is 185 Å². The van der Waals surface area contributed by atoms with Gasteiger partial charge in [-0.1, -0.05) is 23.9 Å². The van der Waals surface area contributed by atoms with E-state index in [1.807, 2.05) is 45.0 Å². The zero-order chi connectivity index (χ0) is 22.2. The molecule has 4 rings (SSSR count). The van der Waals surface area contributed by atoms with Crippen molar-refractivity contribution in [3.63, 3.8) is 0 Å². The molecule has 0 radical (unpaired) electrons. The Morgan fingerprint density at radius 2 is 2.03 bits per heavy atom. The van der Waals surface area contributed by atoms with Crippen molar-refractivity contribution in [1.82, 2.24) is 24.6 Å². The number of ether oxygens (including phenoxy) is 1. The van der Waals surface area contributed by atoms with Crippen LogP contribution in [0.3, 0.4) is 0 Å². The molecule has 0 saturated heterocycles. The van der Waals surface area contributed by atoms with E-state index in [1.54, 1.807) is 22.6 Å². The van der Waals surface area contributed by atoms with Gasteiger partial charge in [-0.15, -0.1) is 0 Å². The second-order valence-electron chi connectivity index (χ2n) is 8.65. The molecular formula is C22H27N5O3S. The molecule has 0 bridgehead atoms. The third kappa shape index (κ3) is 4.32. The van der Waals surface area contributed by atoms with Crippen molar-refractivity contribution in [1.29, 1.82) is 0 Å². The summed E-state index contributed by atoms with van der Waals surface area (Å²) in [4.78, 5) is 30.3. The lowest BCUT2D eigenvalue weighted by Gasteiger charge is -2.20. The van der Waals surface area contributed by atoms with Crippen molar-refractivity contribution in [2.24, 2.45) is 0 Å². The molecule has 3 aromatic rings. The zero-order valence-corrected chi connectivity index (χ0v) is 19.0. The quantitative estimate of drug-likeness (QED) is 0.592. The van der Waals surface area contributed by atoms with Crippen molar-refractivity contribution in [3.05, 3.63) is 46.4 Å². The predicted octanol–water partition coefficient (Wildman–Crippen LogP) is 2.75. The number of benzene rings is 1. The van der Waals surface area contributed by atoms with Gasteiger partial charge >= 0.3 is 0 Å². The van der Waals surface area contributed by atoms with Gasteiger partial charge in [0, 0.05) is 18.7 Å². The summed E-state index contributed by atoms with van der Waals surface area (Å²) in [5.41, 5.74) is 1.32. The minimum absolute atomic E-state index is 0.0654. The number of nitrogens with zero attached hydrogens (tertiary/aromatic N) is 4. The molecule has 1 aliphatic rings. The fraction of sp³-hybridized carbons (Fsp3) is 0.455. The Hall–Kier alpha value is -2.81. The molecule has 0 aliphatic carbocycles. The van der Waals surface area contributed by atoms with Crippen LogP contribution in [0.1, 0.15) is 38.8 Å². The summed E-state index contributed by atoms with van der Waals surface area (Å²) in [6.07, 6.45) is 2.57. The lowest BCUT2D eigenvalue weighted by molar-refractivity contribution is -0.121. The van der Waals surface area contributed by atoms with E-state index in [0.29, 0.717) is 28.5 Å². The summed E-state index contributed by atoms with van der Waals surface area (Å²) < 4.78 is 8.60. The molecule has 1 amide bonds. The van der Waals surface area contributed by atoms with Crippen molar-refractivity contribution in [2.45, 2.75) is 50.4 Å². The molecule has 1 atom stereocenters. The summed E-state index contributed by atoms with van der Waals surface area (Å²) in [7, 11) is 1.64. The number of hydrogen-bond donors (Lipinski definition) is 1. The molecule has 0 fully saturated rings. The highest BCUT2D eigenvalue weighted by Crippen LogP contribution is 2.33. The summed E-state index contributed by atoms with van der Waals surface area (Å²) in [5, 5.41) is 8.49. The topological polar surface area (TPSA) is 91.0 Å². The molecule has 3 heterocycles. The summed E-state index contributed by atoms with van der Waals surface area (Å²) >= 11 is 1.51. The Kier molecular flexibility index (Phi) is 5.79. The van der Waals surface area contributed by atoms with Gasteiger partial charge in [0.15, 0.2) is 10.8 Å². The minimum Gasteiger partial charge on any atom is -0.497 e. The normalized spacial score (nSPS) is 15.8. The number of thioether (sulfide) groups is 1. The van der Waals surface area contributed by atoms with E-state index in [1.165, 1.54) is 11.8 Å². The minimum atomic E-state index is -0.271. The van der Waals surface area contributed by atoms with Gasteiger partial charge in [0.25, 0.3) is 5.56 Å². The first-order valence-corrected chi connectivity index (χ1v) is 11.3. The largest absolute Gasteiger partial charge is 0.497 e. The molecule has 0 spiro atoms. The van der Waals surface area contributed by atoms with Crippen molar-refractivity contribution < 1.29 is 9.53 Å². The van der Waals surface area contributed by atoms with Crippen LogP contribution in [0.15, 0.2) is 40.4 Å². The highest BCUT2D eigenvalue weighted by molar-refractivity contribution is 7.99. The van der Waals surface area contributed by atoms with Crippen LogP contribution in [0.2, 0.25) is 0 Å². The number of carbonyl (C=O) groups is 1. The van der Waals surface area contributed by atoms with Crippen LogP contribution in [-0.4, -0.2) is 44.6 Å². The first kappa shape index (κ1) is 21.4. The highest BCUT2D eigenvalue weighted by atomic mass is 32.2. The number of methoxy groups -OCH3 is 1. The van der Waals surface area contributed by atoms with Gasteiger partial charge < -0.3 is 10.1 Å². The van der Waals surface area contributed by atoms with Crippen LogP contribution in [0.4, 0.5) is 0 Å². The van der Waals surface area contributed by atoms with Gasteiger partial charge in [0.05, 0.1) is 24.9 Å². The van der Waals surface area contributed by atoms with E-state index < -0.39 is 0 Å². The number of fused-ring (bicyclic) bond motifs is 2. The number of amides is 1. The first-order chi connectivity index (χ1) is 14.8. The predicted molar refractivity (Wildman–Crippen MR) is 121 cm³/mol. The van der Waals surface area contributed by atoms with Gasteiger partial charge in [-0.25, -0.2) is 9.67 Å². The Morgan fingerprint density at radius 1 is 1.29 bits per heavy atom. The number of carbonyl (C=O) groups excluding carboxylic acids is 1. The summed E-state index contributed by atoms with van der Waals surface area (Å²) in [6.45, 7) is 6.62. The molecule has 1 unspecified atom stereocenters. The lowest BCUT2D eigenvalue weighted by Crippen LogP contribution is -2.32. The smallest absolute Gasteiger partial charge is 0.265 e. The maximum absolute atomic E-state index is 13.1. The Bertz CT molecular complexity index is 1160. The number of hydrogen-bond acceptors (Lipinski definition) is 6. The average Bonchev–Trinajstić information content (AvgIpc) is 3.33. The third-order valence-electron chi connectivity index (χ3n) is 5.32. The standard InChI is InChI=1S/C22H27N5O3S/c1-22(2,3)27-19-17(12-24-27)20(29)26-15(13-31-21(26)25-19)11-18(28)23-10-9-14-5-7-16(30-4)8-6-14/h5-8,12,15H,9-11,13H2,1-4H3,(H,23,28). The second-order valence-corrected chi connectivity index (χ2v) is 9.64. The molecule has 2 aromatic heterocycles. The molecule has 164 valence electrons. The highest BCUT2D eigenvalue weighted by Gasteiger charge is 2.30. The molecule has 8 nitrogen and oxygen atoms in total. The van der Waals surface area contributed by atoms with Crippen LogP contribution in [0, 0.1) is 0 Å². The van der Waals surface area contributed by atoms with Crippen LogP contribution >= 0.6 is 11.8 Å². The van der Waals surface area contributed by atoms with Gasteiger partial charge in [0.2, 0.25) is 5.91 Å². The van der Waals surface area contributed by atoms with Gasteiger partial charge in [-0.2, -0.15) is 5.10 Å². The van der Waals surface area contributed by atoms with E-state index in [-0.39, 0.29) is 29.5 Å². The van der Waals surface area contributed by atoms with Gasteiger partial charge in [0.1, 0.15) is 11.1 Å². The fourth-order valence-corrected chi connectivity index (χ4v) is 4.83. The molecule has 9 heteroatoms. The molecule has 1 aromatic carbocycles. The first-order valence-electron chi connectivity index (χ1n) is 10.3. The van der Waals surface area contributed by atoms with E-state index >= 15 is 0 Å². The maximum Gasteiger partial charge on any atom is 0.265 e. The SMILES string of the molecule is COc1ccc(CCNC(=O)CC2CSc3nc4c(cnn4C(C)(C)C)c(=O)n32)cc1. The molecule has 0 saturated carbocycles. The van der Waals surface area contributed by atoms with Crippen LogP contribution in [0.5, 0.6) is 5.75 Å². The monoisotopic (exact) mass is 441 g/mol. The molecule has 1 aliphatic heterocycles. The van der Waals surface area contributed by atoms with Crippen molar-refractivity contribution >= 4 is 28.7 Å². The molecule has 1 N–H and O–H groups in total. The van der Waals surface area contributed by atoms with Gasteiger partial charge in [-0.3, -0.25) is 14.2 Å². The summed E-state index contributed by atoms with van der Waals surface area (Å²) in [5.74, 6) is 1.40. The molecule has 31 heavy (non-hydrogen) atoms. The zero-order valence-electron chi connectivity index (χ0n) is 18.2. The van der Waals surface area contributed by atoms with E-state index in [0.717, 1.165) is 17.7 Å². The number of nitrogens with one attached hydrogen (secondary N) is 1. The number of aromatic nitrogens is 4. The number of rotatable bonds is 6. The fourth-order valence-electron chi connectivity index (χ4n) is 3.70. The van der Waals surface area contributed by atoms with Crippen molar-refractivity contribution in [2.75, 3.05) is 19.4 Å². The average molecular weight is 442 g/mol. The second kappa shape index (κ2) is 8.37. The lowest BCUT2D eigenvalue weighted by atomic mass is 10.1. The third-order valence-corrected chi connectivity index (χ3v) is 6.42. The Morgan fingerprint density at radius 3 is 2.71 bits per heavy atom. The van der Waals surface area contributed by atoms with E-state index in [9.17, 15) is 9.59 Å². The van der Waals surface area contributed by atoms with E-state index in [4.69, 9.17) is 9.72 Å². The van der Waals surface area contributed by atoms with Crippen LogP contribution < -0.4 is 15.6 Å². The van der Waals surface area contributed by atoms with Crippen molar-refractivity contribution in [3.8, 4) is 5.75 Å². The van der Waals surface area contributed by atoms with E-state index in [2.05, 4.69) is 10.4 Å². The van der Waals surface area contributed by atoms with Gasteiger partial charge in [-0.05, 0) is 44.9 Å².